The van der Waals surface area contributed by atoms with Crippen LogP contribution in [0.2, 0.25) is 0 Å². The van der Waals surface area contributed by atoms with Crippen LogP contribution in [0.3, 0.4) is 0 Å². The van der Waals surface area contributed by atoms with Crippen LogP contribution in [0.4, 0.5) is 41.2 Å². The second-order valence-electron chi connectivity index (χ2n) is 10.0. The Bertz CT molecular complexity index is 2140. The van der Waals surface area contributed by atoms with Crippen LogP contribution in [0, 0.1) is 0 Å². The van der Waals surface area contributed by atoms with Crippen LogP contribution in [-0.2, 0) is 28.9 Å². The molecule has 0 radical (unpaired) electrons. The smallest absolute Gasteiger partial charge is 0.382 e. The molecule has 6 rings (SSSR count). The van der Waals surface area contributed by atoms with Crippen molar-refractivity contribution in [1.82, 2.24) is 39.0 Å². The van der Waals surface area contributed by atoms with Gasteiger partial charge < -0.3 is 31.2 Å². The predicted octanol–water partition coefficient (Wildman–Crippen LogP) is 4.02. The topological polar surface area (TPSA) is 210 Å². The van der Waals surface area contributed by atoms with Crippen LogP contribution in [0.25, 0.3) is 22.3 Å². The van der Waals surface area contributed by atoms with Gasteiger partial charge in [0, 0.05) is 37.0 Å². The number of aromatic nitrogens is 8. The minimum atomic E-state index is -4.76. The molecule has 0 bridgehead atoms. The highest BCUT2D eigenvalue weighted by Crippen LogP contribution is 2.37. The van der Waals surface area contributed by atoms with Crippen molar-refractivity contribution in [2.45, 2.75) is 32.1 Å². The average Bonchev–Trinajstić information content (AvgIpc) is 3.78. The third-order valence-corrected chi connectivity index (χ3v) is 7.77. The molecule has 0 aliphatic carbocycles. The summed E-state index contributed by atoms with van der Waals surface area (Å²) in [7, 11) is 0. The fourth-order valence-electron chi connectivity index (χ4n) is 4.57. The van der Waals surface area contributed by atoms with E-state index in [0.29, 0.717) is 38.8 Å². The second kappa shape index (κ2) is 12.8. The molecule has 240 valence electrons. The zero-order valence-electron chi connectivity index (χ0n) is 24.1. The highest BCUT2D eigenvalue weighted by Gasteiger charge is 2.34. The second-order valence-corrected chi connectivity index (χ2v) is 11.1. The predicted molar refractivity (Wildman–Crippen MR) is 169 cm³/mol. The molecule has 47 heavy (non-hydrogen) atoms. The lowest BCUT2D eigenvalue weighted by atomic mass is 10.1. The summed E-state index contributed by atoms with van der Waals surface area (Å²) in [6.07, 6.45) is 2.16. The number of fused-ring (bicyclic) bond motifs is 2. The van der Waals surface area contributed by atoms with Crippen molar-refractivity contribution < 1.29 is 22.8 Å². The lowest BCUT2D eigenvalue weighted by Crippen LogP contribution is -2.18. The van der Waals surface area contributed by atoms with Crippen LogP contribution in [0.15, 0.2) is 60.6 Å². The Hall–Kier alpha value is -5.98. The minimum Gasteiger partial charge on any atom is -0.382 e. The number of hydrogen-bond acceptors (Lipinski definition) is 12. The van der Waals surface area contributed by atoms with Gasteiger partial charge in [0.05, 0.1) is 34.6 Å². The number of carbonyl (C=O) groups is 2. The van der Waals surface area contributed by atoms with Gasteiger partial charge in [-0.15, -0.1) is 11.3 Å². The van der Waals surface area contributed by atoms with Crippen LogP contribution in [-0.4, -0.2) is 57.1 Å². The normalized spacial score (nSPS) is 11.9. The van der Waals surface area contributed by atoms with Gasteiger partial charge in [0.1, 0.15) is 23.7 Å². The molecule has 2 amide bonds. The molecule has 19 heteroatoms. The van der Waals surface area contributed by atoms with Gasteiger partial charge in [-0.05, 0) is 30.3 Å². The lowest BCUT2D eigenvalue weighted by Gasteiger charge is -2.14. The van der Waals surface area contributed by atoms with Gasteiger partial charge in [0.2, 0.25) is 11.8 Å². The monoisotopic (exact) mass is 663 g/mol. The molecule has 6 aromatic rings. The zero-order valence-corrected chi connectivity index (χ0v) is 25.0. The number of halogens is 3. The number of rotatable bonds is 10. The third kappa shape index (κ3) is 6.98. The molecule has 0 atom stereocenters. The molecule has 0 spiro atoms. The number of hydrogen-bond donors (Lipinski definition) is 4. The summed E-state index contributed by atoms with van der Waals surface area (Å²) in [6.45, 7) is 0.418. The molecule has 5 aromatic heterocycles. The first-order valence-electron chi connectivity index (χ1n) is 13.8. The first-order valence-corrected chi connectivity index (χ1v) is 14.6. The van der Waals surface area contributed by atoms with E-state index in [0.717, 1.165) is 12.1 Å². The van der Waals surface area contributed by atoms with E-state index in [2.05, 4.69) is 45.5 Å². The summed E-state index contributed by atoms with van der Waals surface area (Å²) in [6, 6.07) is 6.70. The van der Waals surface area contributed by atoms with Gasteiger partial charge in [-0.1, -0.05) is 0 Å². The summed E-state index contributed by atoms with van der Waals surface area (Å²) in [5.41, 5.74) is 11.9. The maximum absolute atomic E-state index is 13.9. The minimum absolute atomic E-state index is 0.0217. The van der Waals surface area contributed by atoms with Crippen LogP contribution in [0.1, 0.15) is 23.3 Å². The number of anilines is 4. The van der Waals surface area contributed by atoms with Crippen molar-refractivity contribution in [3.05, 3.63) is 66.1 Å². The van der Waals surface area contributed by atoms with Crippen molar-refractivity contribution in [3.63, 3.8) is 0 Å². The van der Waals surface area contributed by atoms with Gasteiger partial charge in [0.25, 0.3) is 0 Å². The molecule has 0 saturated carbocycles. The van der Waals surface area contributed by atoms with Crippen LogP contribution < -0.4 is 22.1 Å². The molecule has 5 heterocycles. The third-order valence-electron chi connectivity index (χ3n) is 6.83. The summed E-state index contributed by atoms with van der Waals surface area (Å²) in [4.78, 5) is 54.1. The number of benzene rings is 1. The Balaban J connectivity index is 1.06. The molecule has 0 fully saturated rings. The summed E-state index contributed by atoms with van der Waals surface area (Å²) >= 11 is 1.20. The largest absolute Gasteiger partial charge is 0.418 e. The number of nitrogen functional groups attached to an aromatic ring is 2. The fraction of sp³-hybridized carbons (Fsp3) is 0.179. The lowest BCUT2D eigenvalue weighted by molar-refractivity contribution is -0.137. The number of alkyl halides is 3. The Labute approximate surface area is 266 Å². The van der Waals surface area contributed by atoms with E-state index in [1.807, 2.05) is 0 Å². The van der Waals surface area contributed by atoms with E-state index in [1.165, 1.54) is 48.9 Å². The van der Waals surface area contributed by atoms with Crippen molar-refractivity contribution in [2.75, 3.05) is 22.1 Å². The average molecular weight is 664 g/mol. The Morgan fingerprint density at radius 2 is 1.43 bits per heavy atom. The number of thiophene rings is 1. The van der Waals surface area contributed by atoms with E-state index >= 15 is 0 Å². The molecule has 1 aromatic carbocycles. The number of imidazole rings is 2. The Morgan fingerprint density at radius 1 is 0.830 bits per heavy atom. The van der Waals surface area contributed by atoms with E-state index < -0.39 is 23.3 Å². The molecular weight excluding hydrogens is 639 g/mol. The Kier molecular flexibility index (Phi) is 8.44. The number of aliphatic imine (C=N–C) groups is 1. The fourth-order valence-corrected chi connectivity index (χ4v) is 5.36. The quantitative estimate of drug-likeness (QED) is 0.155. The number of nitrogens with zero attached hydrogens (tertiary/aromatic N) is 9. The zero-order chi connectivity index (χ0) is 33.1. The number of nitrogens with two attached hydrogens (primary N) is 2. The number of carbonyl (C=O) groups excluding carboxylic acids is 2. The molecule has 0 aliphatic rings. The van der Waals surface area contributed by atoms with Crippen LogP contribution >= 0.6 is 11.3 Å². The molecule has 0 unspecified atom stereocenters. The van der Waals surface area contributed by atoms with Crippen LogP contribution in [0.5, 0.6) is 0 Å². The van der Waals surface area contributed by atoms with Crippen molar-refractivity contribution >= 4 is 79.7 Å². The van der Waals surface area contributed by atoms with E-state index in [1.54, 1.807) is 21.3 Å². The SMILES string of the molecule is Nc1ncnc2c1ncn2CCC(=O)Nc1ccc(/C=N/c2ccc(NC(=O)CCn3cnc4c(N)ncnc43)c(C(F)(F)F)c2)s1. The molecule has 0 saturated heterocycles. The highest BCUT2D eigenvalue weighted by atomic mass is 32.1. The van der Waals surface area contributed by atoms with Crippen molar-refractivity contribution in [2.24, 2.45) is 4.99 Å². The van der Waals surface area contributed by atoms with Crippen molar-refractivity contribution in [3.8, 4) is 0 Å². The van der Waals surface area contributed by atoms with Gasteiger partial charge in [-0.3, -0.25) is 14.6 Å². The Morgan fingerprint density at radius 3 is 2.02 bits per heavy atom. The first-order chi connectivity index (χ1) is 22.5. The molecule has 15 nitrogen and oxygen atoms in total. The molecule has 0 aliphatic heterocycles. The van der Waals surface area contributed by atoms with E-state index in [9.17, 15) is 22.8 Å². The maximum atomic E-state index is 13.9. The molecule has 6 N–H and O–H groups in total. The van der Waals surface area contributed by atoms with E-state index in [-0.39, 0.29) is 42.6 Å². The van der Waals surface area contributed by atoms with Gasteiger partial charge >= 0.3 is 6.18 Å². The van der Waals surface area contributed by atoms with E-state index in [4.69, 9.17) is 11.5 Å². The van der Waals surface area contributed by atoms with Gasteiger partial charge in [-0.25, -0.2) is 29.9 Å². The standard InChI is InChI=1S/C28H24F3N13O2S/c29-28(30,31)17-9-15(1-3-18(17)41-19(45)5-7-43-13-39-22-24(32)35-11-37-26(22)43)34-10-16-2-4-21(47-16)42-20(46)6-8-44-14-40-23-25(33)36-12-38-27(23)44/h1-4,9-14H,5-8H2,(H,41,45)(H,42,46)(H2,32,35,37)(H2,33,36,38)/b34-10+. The number of amides is 2. The summed E-state index contributed by atoms with van der Waals surface area (Å²) in [5.74, 6) is -0.473. The van der Waals surface area contributed by atoms with Gasteiger partial charge in [-0.2, -0.15) is 13.2 Å². The van der Waals surface area contributed by atoms with Crippen molar-refractivity contribution in [1.29, 1.82) is 0 Å². The van der Waals surface area contributed by atoms with Gasteiger partial charge in [0.15, 0.2) is 22.9 Å². The summed E-state index contributed by atoms with van der Waals surface area (Å²) < 4.78 is 45.1. The highest BCUT2D eigenvalue weighted by molar-refractivity contribution is 7.17. The first kappa shape index (κ1) is 31.0. The maximum Gasteiger partial charge on any atom is 0.418 e. The molecular formula is C28H24F3N13O2S. The number of nitrogens with one attached hydrogen (secondary N) is 2. The summed E-state index contributed by atoms with van der Waals surface area (Å²) in [5, 5.41) is 5.66. The number of aryl methyl sites for hydroxylation is 2.